The number of nitrogens with one attached hydrogen (secondary N) is 1. The Balaban J connectivity index is 2.30. The molecule has 0 atom stereocenters. The number of hydrogen-bond acceptors (Lipinski definition) is 4. The van der Waals surface area contributed by atoms with E-state index in [1.165, 1.54) is 6.07 Å². The molecular weight excluding hydrogens is 234 g/mol. The monoisotopic (exact) mass is 249 g/mol. The van der Waals surface area contributed by atoms with E-state index in [9.17, 15) is 14.9 Å². The van der Waals surface area contributed by atoms with Crippen LogP contribution in [-0.2, 0) is 0 Å². The van der Waals surface area contributed by atoms with Gasteiger partial charge >= 0.3 is 0 Å². The summed E-state index contributed by atoms with van der Waals surface area (Å²) < 4.78 is 0. The molecule has 1 fully saturated rings. The molecule has 96 valence electrons. The third-order valence-corrected chi connectivity index (χ3v) is 3.36. The Hall–Kier alpha value is -1.95. The second-order valence-corrected chi connectivity index (χ2v) is 4.43. The fourth-order valence-electron chi connectivity index (χ4n) is 1.96. The van der Waals surface area contributed by atoms with Gasteiger partial charge in [0.15, 0.2) is 0 Å². The van der Waals surface area contributed by atoms with Crippen LogP contribution in [-0.4, -0.2) is 41.9 Å². The first-order valence-corrected chi connectivity index (χ1v) is 5.74. The molecule has 18 heavy (non-hydrogen) atoms. The van der Waals surface area contributed by atoms with E-state index in [-0.39, 0.29) is 17.6 Å². The first-order chi connectivity index (χ1) is 8.52. The molecule has 1 saturated heterocycles. The smallest absolute Gasteiger partial charge is 0.273 e. The lowest BCUT2D eigenvalue weighted by molar-refractivity contribution is -0.385. The Morgan fingerprint density at radius 2 is 2.17 bits per heavy atom. The van der Waals surface area contributed by atoms with Crippen molar-refractivity contribution in [2.45, 2.75) is 13.0 Å². The largest absolute Gasteiger partial charge is 0.336 e. The summed E-state index contributed by atoms with van der Waals surface area (Å²) >= 11 is 0. The summed E-state index contributed by atoms with van der Waals surface area (Å²) in [5.41, 5.74) is 0.811. The maximum absolute atomic E-state index is 12.3. The van der Waals surface area contributed by atoms with Crippen LogP contribution in [0.3, 0.4) is 0 Å². The van der Waals surface area contributed by atoms with Crippen molar-refractivity contribution in [3.05, 3.63) is 39.4 Å². The Labute approximate surface area is 105 Å². The van der Waals surface area contributed by atoms with Gasteiger partial charge in [-0.25, -0.2) is 0 Å². The highest BCUT2D eigenvalue weighted by Crippen LogP contribution is 2.22. The Kier molecular flexibility index (Phi) is 3.29. The Bertz CT molecular complexity index is 497. The number of carbonyl (C=O) groups is 1. The van der Waals surface area contributed by atoms with Crippen molar-refractivity contribution in [3.63, 3.8) is 0 Å². The van der Waals surface area contributed by atoms with Crippen LogP contribution < -0.4 is 5.32 Å². The zero-order valence-electron chi connectivity index (χ0n) is 10.3. The summed E-state index contributed by atoms with van der Waals surface area (Å²) in [5, 5.41) is 13.9. The molecule has 0 aliphatic carbocycles. The van der Waals surface area contributed by atoms with E-state index in [1.807, 2.05) is 0 Å². The van der Waals surface area contributed by atoms with E-state index in [0.29, 0.717) is 11.1 Å². The molecule has 1 aliphatic rings. The molecule has 1 aromatic rings. The van der Waals surface area contributed by atoms with Crippen molar-refractivity contribution < 1.29 is 9.72 Å². The minimum Gasteiger partial charge on any atom is -0.336 e. The Morgan fingerprint density at radius 3 is 2.67 bits per heavy atom. The van der Waals surface area contributed by atoms with E-state index in [0.717, 1.165) is 13.1 Å². The fourth-order valence-corrected chi connectivity index (χ4v) is 1.96. The van der Waals surface area contributed by atoms with Crippen LogP contribution in [0, 0.1) is 17.0 Å². The van der Waals surface area contributed by atoms with Crippen molar-refractivity contribution in [1.29, 1.82) is 0 Å². The van der Waals surface area contributed by atoms with E-state index in [2.05, 4.69) is 5.32 Å². The highest BCUT2D eigenvalue weighted by molar-refractivity contribution is 5.96. The maximum Gasteiger partial charge on any atom is 0.273 e. The zero-order valence-corrected chi connectivity index (χ0v) is 10.3. The van der Waals surface area contributed by atoms with E-state index >= 15 is 0 Å². The van der Waals surface area contributed by atoms with Gasteiger partial charge in [-0.2, -0.15) is 0 Å². The van der Waals surface area contributed by atoms with Gasteiger partial charge in [0.25, 0.3) is 11.6 Å². The average molecular weight is 249 g/mol. The lowest BCUT2D eigenvalue weighted by atomic mass is 10.0. The van der Waals surface area contributed by atoms with Crippen molar-refractivity contribution in [2.75, 3.05) is 20.1 Å². The minimum atomic E-state index is -0.461. The third-order valence-electron chi connectivity index (χ3n) is 3.36. The van der Waals surface area contributed by atoms with Crippen LogP contribution in [0.5, 0.6) is 0 Å². The molecule has 6 heteroatoms. The lowest BCUT2D eigenvalue weighted by Crippen LogP contribution is -2.57. The topological polar surface area (TPSA) is 75.5 Å². The van der Waals surface area contributed by atoms with Gasteiger partial charge in [0, 0.05) is 37.3 Å². The van der Waals surface area contributed by atoms with Crippen molar-refractivity contribution >= 4 is 11.6 Å². The summed E-state index contributed by atoms with van der Waals surface area (Å²) in [4.78, 5) is 24.3. The number of hydrogen-bond donors (Lipinski definition) is 1. The van der Waals surface area contributed by atoms with Gasteiger partial charge in [-0.1, -0.05) is 6.07 Å². The van der Waals surface area contributed by atoms with Gasteiger partial charge in [-0.15, -0.1) is 0 Å². The number of amides is 1. The molecular formula is C12H15N3O3. The molecule has 0 saturated carbocycles. The van der Waals surface area contributed by atoms with Crippen LogP contribution in [0.1, 0.15) is 15.9 Å². The van der Waals surface area contributed by atoms with E-state index in [1.54, 1.807) is 31.0 Å². The van der Waals surface area contributed by atoms with Crippen molar-refractivity contribution in [2.24, 2.45) is 0 Å². The molecule has 2 rings (SSSR count). The number of benzene rings is 1. The predicted octanol–water partition coefficient (Wildman–Crippen LogP) is 0.947. The highest BCUT2D eigenvalue weighted by Gasteiger charge is 2.28. The summed E-state index contributed by atoms with van der Waals surface area (Å²) in [6.45, 7) is 3.16. The SMILES string of the molecule is Cc1c(C(=O)N(C)C2CNC2)cccc1[N+](=O)[O-]. The van der Waals surface area contributed by atoms with Gasteiger partial charge in [0.05, 0.1) is 11.0 Å². The number of carbonyl (C=O) groups excluding carboxylic acids is 1. The first kappa shape index (κ1) is 12.5. The van der Waals surface area contributed by atoms with Crippen LogP contribution in [0.25, 0.3) is 0 Å². The predicted molar refractivity (Wildman–Crippen MR) is 66.6 cm³/mol. The number of nitrogens with zero attached hydrogens (tertiary/aromatic N) is 2. The van der Waals surface area contributed by atoms with Gasteiger partial charge in [0.1, 0.15) is 0 Å². The standard InChI is InChI=1S/C12H15N3O3/c1-8-10(4-3-5-11(8)15(17)18)12(16)14(2)9-6-13-7-9/h3-5,9,13H,6-7H2,1-2H3. The maximum atomic E-state index is 12.3. The average Bonchev–Trinajstić information content (AvgIpc) is 2.25. The quantitative estimate of drug-likeness (QED) is 0.639. The second kappa shape index (κ2) is 4.73. The summed E-state index contributed by atoms with van der Waals surface area (Å²) in [7, 11) is 1.73. The first-order valence-electron chi connectivity index (χ1n) is 5.74. The molecule has 1 heterocycles. The van der Waals surface area contributed by atoms with Gasteiger partial charge < -0.3 is 10.2 Å². The molecule has 6 nitrogen and oxygen atoms in total. The molecule has 1 aliphatic heterocycles. The van der Waals surface area contributed by atoms with Gasteiger partial charge in [0.2, 0.25) is 0 Å². The van der Waals surface area contributed by atoms with Crippen molar-refractivity contribution in [3.8, 4) is 0 Å². The van der Waals surface area contributed by atoms with E-state index in [4.69, 9.17) is 0 Å². The molecule has 0 radical (unpaired) electrons. The number of rotatable bonds is 3. The van der Waals surface area contributed by atoms with Gasteiger partial charge in [-0.3, -0.25) is 14.9 Å². The fraction of sp³-hybridized carbons (Fsp3) is 0.417. The Morgan fingerprint density at radius 1 is 1.50 bits per heavy atom. The highest BCUT2D eigenvalue weighted by atomic mass is 16.6. The molecule has 1 N–H and O–H groups in total. The molecule has 0 bridgehead atoms. The van der Waals surface area contributed by atoms with Crippen molar-refractivity contribution in [1.82, 2.24) is 10.2 Å². The van der Waals surface area contributed by atoms with E-state index < -0.39 is 4.92 Å². The number of nitro groups is 1. The number of likely N-dealkylation sites (N-methyl/N-ethyl adjacent to an activating group) is 1. The third kappa shape index (κ3) is 2.06. The van der Waals surface area contributed by atoms with Crippen LogP contribution in [0.15, 0.2) is 18.2 Å². The van der Waals surface area contributed by atoms with Crippen LogP contribution in [0.2, 0.25) is 0 Å². The zero-order chi connectivity index (χ0) is 13.3. The second-order valence-electron chi connectivity index (χ2n) is 4.43. The molecule has 0 unspecified atom stereocenters. The molecule has 0 spiro atoms. The van der Waals surface area contributed by atoms with Crippen LogP contribution >= 0.6 is 0 Å². The van der Waals surface area contributed by atoms with Gasteiger partial charge in [-0.05, 0) is 13.0 Å². The summed E-state index contributed by atoms with van der Waals surface area (Å²) in [6, 6.07) is 4.77. The summed E-state index contributed by atoms with van der Waals surface area (Å²) in [5.74, 6) is -0.164. The summed E-state index contributed by atoms with van der Waals surface area (Å²) in [6.07, 6.45) is 0. The minimum absolute atomic E-state index is 0.0130. The molecule has 0 aromatic heterocycles. The number of nitro benzene ring substituents is 1. The molecule has 1 amide bonds. The normalized spacial score (nSPS) is 15.0. The molecule has 1 aromatic carbocycles. The van der Waals surface area contributed by atoms with Crippen LogP contribution in [0.4, 0.5) is 5.69 Å². The lowest BCUT2D eigenvalue weighted by Gasteiger charge is -2.35.